The minimum Gasteiger partial charge on any atom is -0.326 e. The van der Waals surface area contributed by atoms with E-state index in [1.165, 1.54) is 16.7 Å². The molecule has 0 atom stereocenters. The molecular formula is C16H17O4P. The Hall–Kier alpha value is -1.74. The van der Waals surface area contributed by atoms with Crippen LogP contribution in [-0.4, -0.2) is 15.6 Å². The van der Waals surface area contributed by atoms with Crippen LogP contribution in [0.25, 0.3) is 11.1 Å². The number of ketones is 1. The molecule has 4 nitrogen and oxygen atoms in total. The van der Waals surface area contributed by atoms with E-state index in [9.17, 15) is 4.79 Å². The molecule has 0 radical (unpaired) electrons. The highest BCUT2D eigenvalue weighted by molar-refractivity contribution is 7.30. The van der Waals surface area contributed by atoms with E-state index >= 15 is 0 Å². The van der Waals surface area contributed by atoms with E-state index in [1.807, 2.05) is 37.3 Å². The van der Waals surface area contributed by atoms with Crippen LogP contribution in [-0.2, 0) is 4.57 Å². The van der Waals surface area contributed by atoms with Crippen molar-refractivity contribution in [2.45, 2.75) is 20.8 Å². The second-order valence-electron chi connectivity index (χ2n) is 5.05. The Morgan fingerprint density at radius 1 is 0.952 bits per heavy atom. The maximum atomic E-state index is 12.4. The molecule has 110 valence electrons. The number of fused-ring (bicyclic) bond motifs is 1. The molecule has 0 aromatic heterocycles. The van der Waals surface area contributed by atoms with Crippen molar-refractivity contribution in [1.82, 2.24) is 0 Å². The van der Waals surface area contributed by atoms with Crippen molar-refractivity contribution in [3.8, 4) is 11.1 Å². The van der Waals surface area contributed by atoms with Gasteiger partial charge in [-0.25, -0.2) is 0 Å². The Labute approximate surface area is 124 Å². The molecule has 2 aliphatic carbocycles. The molecule has 3 rings (SSSR count). The lowest BCUT2D eigenvalue weighted by Crippen LogP contribution is -2.11. The Morgan fingerprint density at radius 3 is 2.00 bits per heavy atom. The molecule has 2 N–H and O–H groups in total. The lowest BCUT2D eigenvalue weighted by Gasteiger charge is -2.21. The van der Waals surface area contributed by atoms with Gasteiger partial charge in [-0.2, -0.15) is 0 Å². The average molecular weight is 304 g/mol. The fraction of sp³-hybridized carbons (Fsp3) is 0.188. The topological polar surface area (TPSA) is 74.6 Å². The molecule has 0 aliphatic heterocycles. The minimum atomic E-state index is -3.13. The predicted molar refractivity (Wildman–Crippen MR) is 83.0 cm³/mol. The first-order valence-corrected chi connectivity index (χ1v) is 7.81. The molecule has 0 unspecified atom stereocenters. The number of hydrogen-bond acceptors (Lipinski definition) is 2. The van der Waals surface area contributed by atoms with Gasteiger partial charge in [-0.1, -0.05) is 24.3 Å². The molecule has 1 aromatic rings. The van der Waals surface area contributed by atoms with Crippen LogP contribution in [0.15, 0.2) is 30.3 Å². The molecule has 0 spiro atoms. The molecule has 2 aliphatic rings. The number of rotatable bonds is 2. The molecule has 0 fully saturated rings. The van der Waals surface area contributed by atoms with Crippen LogP contribution < -0.4 is 0 Å². The summed E-state index contributed by atoms with van der Waals surface area (Å²) in [6, 6.07) is 10.0. The molecule has 21 heavy (non-hydrogen) atoms. The van der Waals surface area contributed by atoms with E-state index in [2.05, 4.69) is 13.8 Å². The van der Waals surface area contributed by atoms with E-state index in [-0.39, 0.29) is 5.78 Å². The van der Waals surface area contributed by atoms with Crippen molar-refractivity contribution >= 4 is 14.0 Å². The molecule has 0 saturated heterocycles. The van der Waals surface area contributed by atoms with Gasteiger partial charge in [-0.05, 0) is 54.7 Å². The normalized spacial score (nSPS) is 11.0. The van der Waals surface area contributed by atoms with Crippen molar-refractivity contribution < 1.29 is 19.1 Å². The quantitative estimate of drug-likeness (QED) is 0.563. The average Bonchev–Trinajstić information content (AvgIpc) is 2.38. The summed E-state index contributed by atoms with van der Waals surface area (Å²) in [6.45, 7) is 6.18. The predicted octanol–water partition coefficient (Wildman–Crippen LogP) is 3.18. The number of carbonyl (C=O) groups excluding carboxylic acids is 1. The van der Waals surface area contributed by atoms with Gasteiger partial charge in [0.1, 0.15) is 0 Å². The monoisotopic (exact) mass is 304 g/mol. The third-order valence-electron chi connectivity index (χ3n) is 3.88. The fourth-order valence-electron chi connectivity index (χ4n) is 2.32. The van der Waals surface area contributed by atoms with Crippen molar-refractivity contribution in [1.29, 1.82) is 0 Å². The van der Waals surface area contributed by atoms with Gasteiger partial charge >= 0.3 is 8.25 Å². The maximum Gasteiger partial charge on any atom is 0.314 e. The maximum absolute atomic E-state index is 12.4. The summed E-state index contributed by atoms with van der Waals surface area (Å²) in [5.41, 5.74) is 7.62. The highest BCUT2D eigenvalue weighted by atomic mass is 31.1. The number of aryl methyl sites for hydroxylation is 1. The first kappa shape index (κ1) is 15.6. The highest BCUT2D eigenvalue weighted by Crippen LogP contribution is 2.38. The summed E-state index contributed by atoms with van der Waals surface area (Å²) in [6.07, 6.45) is 0. The van der Waals surface area contributed by atoms with Gasteiger partial charge in [0.2, 0.25) is 0 Å². The Bertz CT molecular complexity index is 746. The standard InChI is InChI=1S/C16H14O.H3O3P/c1-9-4-6-13(11(3)10(9)2)16(17)15-8-12-5-7-14(12)15;1-4(2)3/h4-8H,1-3H3;4H,(H2,1,2,3). The summed E-state index contributed by atoms with van der Waals surface area (Å²) in [5, 5.41) is 0. The second kappa shape index (κ2) is 5.94. The SMILES string of the molecule is Cc1ccc(C(=O)c2cc3ccc2-3)c(C)c1C.O=[PH](O)O. The van der Waals surface area contributed by atoms with E-state index < -0.39 is 8.25 Å². The van der Waals surface area contributed by atoms with E-state index in [0.29, 0.717) is 0 Å². The van der Waals surface area contributed by atoms with Crippen molar-refractivity contribution in [3.63, 3.8) is 0 Å². The van der Waals surface area contributed by atoms with Crippen LogP contribution in [0.4, 0.5) is 0 Å². The van der Waals surface area contributed by atoms with Crippen molar-refractivity contribution in [2.75, 3.05) is 0 Å². The first-order chi connectivity index (χ1) is 9.82. The summed E-state index contributed by atoms with van der Waals surface area (Å²) >= 11 is 0. The van der Waals surface area contributed by atoms with Gasteiger partial charge in [0.15, 0.2) is 5.78 Å². The van der Waals surface area contributed by atoms with Crippen molar-refractivity contribution in [2.24, 2.45) is 0 Å². The van der Waals surface area contributed by atoms with E-state index in [1.54, 1.807) is 0 Å². The van der Waals surface area contributed by atoms with E-state index in [4.69, 9.17) is 14.4 Å². The van der Waals surface area contributed by atoms with E-state index in [0.717, 1.165) is 22.3 Å². The molecular weight excluding hydrogens is 287 g/mol. The third kappa shape index (κ3) is 2.98. The fourth-order valence-corrected chi connectivity index (χ4v) is 2.32. The zero-order valence-electron chi connectivity index (χ0n) is 12.1. The number of benzene rings is 2. The van der Waals surface area contributed by atoms with Gasteiger partial charge < -0.3 is 9.79 Å². The van der Waals surface area contributed by atoms with Gasteiger partial charge in [-0.3, -0.25) is 9.36 Å². The van der Waals surface area contributed by atoms with Crippen LogP contribution >= 0.6 is 8.25 Å². The highest BCUT2D eigenvalue weighted by Gasteiger charge is 2.24. The molecule has 0 amide bonds. The molecule has 5 heteroatoms. The van der Waals surface area contributed by atoms with Gasteiger partial charge in [0.25, 0.3) is 0 Å². The first-order valence-electron chi connectivity index (χ1n) is 6.50. The van der Waals surface area contributed by atoms with Crippen LogP contribution in [0.3, 0.4) is 0 Å². The minimum absolute atomic E-state index is 0.161. The Balaban J connectivity index is 0.000000361. The zero-order valence-corrected chi connectivity index (χ0v) is 13.1. The van der Waals surface area contributed by atoms with Crippen LogP contribution in [0.5, 0.6) is 0 Å². The second-order valence-corrected chi connectivity index (χ2v) is 5.62. The van der Waals surface area contributed by atoms with Gasteiger partial charge in [0, 0.05) is 11.1 Å². The zero-order chi connectivity index (χ0) is 15.7. The van der Waals surface area contributed by atoms with Crippen LogP contribution in [0.2, 0.25) is 0 Å². The molecule has 0 bridgehead atoms. The number of carbonyl (C=O) groups is 1. The summed E-state index contributed by atoms with van der Waals surface area (Å²) in [5.74, 6) is 0.161. The van der Waals surface area contributed by atoms with Crippen LogP contribution in [0.1, 0.15) is 32.6 Å². The molecule has 1 aromatic carbocycles. The molecule has 0 heterocycles. The lowest BCUT2D eigenvalue weighted by molar-refractivity contribution is 0.103. The van der Waals surface area contributed by atoms with Crippen LogP contribution in [0, 0.1) is 20.8 Å². The Kier molecular flexibility index (Phi) is 4.43. The third-order valence-corrected chi connectivity index (χ3v) is 3.88. The van der Waals surface area contributed by atoms with Gasteiger partial charge in [-0.15, -0.1) is 0 Å². The Morgan fingerprint density at radius 2 is 1.57 bits per heavy atom. The summed E-state index contributed by atoms with van der Waals surface area (Å²) in [4.78, 5) is 26.7. The largest absolute Gasteiger partial charge is 0.326 e. The number of hydrogen-bond donors (Lipinski definition) is 2. The van der Waals surface area contributed by atoms with Crippen molar-refractivity contribution in [3.05, 3.63) is 58.1 Å². The van der Waals surface area contributed by atoms with Gasteiger partial charge in [0.05, 0.1) is 0 Å². The smallest absolute Gasteiger partial charge is 0.314 e. The summed E-state index contributed by atoms with van der Waals surface area (Å²) < 4.78 is 8.74. The lowest BCUT2D eigenvalue weighted by atomic mass is 9.81. The molecule has 0 saturated carbocycles. The summed E-state index contributed by atoms with van der Waals surface area (Å²) in [7, 11) is -3.13.